The van der Waals surface area contributed by atoms with Crippen molar-refractivity contribution in [1.82, 2.24) is 9.88 Å². The van der Waals surface area contributed by atoms with Crippen LogP contribution >= 0.6 is 15.9 Å². The van der Waals surface area contributed by atoms with Crippen molar-refractivity contribution < 1.29 is 0 Å². The molecule has 0 aliphatic heterocycles. The highest BCUT2D eigenvalue weighted by molar-refractivity contribution is 9.10. The van der Waals surface area contributed by atoms with Crippen LogP contribution in [0.25, 0.3) is 10.9 Å². The van der Waals surface area contributed by atoms with E-state index in [1.54, 1.807) is 0 Å². The molecule has 3 rings (SSSR count). The first-order valence-corrected chi connectivity index (χ1v) is 8.51. The van der Waals surface area contributed by atoms with Crippen LogP contribution in [-0.4, -0.2) is 17.2 Å². The lowest BCUT2D eigenvalue weighted by Gasteiger charge is -2.29. The van der Waals surface area contributed by atoms with Gasteiger partial charge >= 0.3 is 0 Å². The van der Waals surface area contributed by atoms with E-state index in [1.165, 1.54) is 36.6 Å². The van der Waals surface area contributed by atoms with Gasteiger partial charge in [-0.15, -0.1) is 0 Å². The average Bonchev–Trinajstić information content (AvgIpc) is 2.83. The van der Waals surface area contributed by atoms with Gasteiger partial charge < -0.3 is 9.88 Å². The number of hydrogen-bond acceptors (Lipinski definition) is 1. The Morgan fingerprint density at radius 2 is 2.10 bits per heavy atom. The van der Waals surface area contributed by atoms with E-state index in [0.29, 0.717) is 0 Å². The molecule has 0 spiro atoms. The maximum Gasteiger partial charge on any atom is 0.0492 e. The molecule has 1 aliphatic rings. The molecule has 2 aromatic rings. The Morgan fingerprint density at radius 1 is 1.25 bits per heavy atom. The van der Waals surface area contributed by atoms with Crippen LogP contribution in [0.1, 0.15) is 32.6 Å². The average molecular weight is 335 g/mol. The van der Waals surface area contributed by atoms with Gasteiger partial charge in [-0.25, -0.2) is 0 Å². The highest BCUT2D eigenvalue weighted by atomic mass is 79.9. The zero-order valence-electron chi connectivity index (χ0n) is 12.1. The second-order valence-corrected chi connectivity index (χ2v) is 6.95. The third-order valence-electron chi connectivity index (χ3n) is 4.61. The van der Waals surface area contributed by atoms with Crippen molar-refractivity contribution in [3.05, 3.63) is 34.9 Å². The maximum absolute atomic E-state index is 3.76. The second kappa shape index (κ2) is 6.31. The fraction of sp³-hybridized carbons (Fsp3) is 0.529. The van der Waals surface area contributed by atoms with Crippen LogP contribution < -0.4 is 5.32 Å². The van der Waals surface area contributed by atoms with Crippen molar-refractivity contribution in [1.29, 1.82) is 0 Å². The molecule has 2 atom stereocenters. The fourth-order valence-corrected chi connectivity index (χ4v) is 3.69. The minimum atomic E-state index is 0.720. The molecule has 0 radical (unpaired) electrons. The van der Waals surface area contributed by atoms with Crippen LogP contribution in [0.2, 0.25) is 0 Å². The molecular formula is C17H23BrN2. The first kappa shape index (κ1) is 14.2. The van der Waals surface area contributed by atoms with Crippen LogP contribution in [0.15, 0.2) is 34.9 Å². The van der Waals surface area contributed by atoms with Crippen molar-refractivity contribution >= 4 is 26.8 Å². The molecule has 20 heavy (non-hydrogen) atoms. The van der Waals surface area contributed by atoms with Gasteiger partial charge in [-0.1, -0.05) is 41.8 Å². The topological polar surface area (TPSA) is 17.0 Å². The van der Waals surface area contributed by atoms with E-state index in [0.717, 1.165) is 29.5 Å². The monoisotopic (exact) mass is 334 g/mol. The van der Waals surface area contributed by atoms with E-state index in [9.17, 15) is 0 Å². The summed E-state index contributed by atoms with van der Waals surface area (Å²) in [6.45, 7) is 4.49. The predicted molar refractivity (Wildman–Crippen MR) is 89.1 cm³/mol. The van der Waals surface area contributed by atoms with E-state index in [2.05, 4.69) is 63.2 Å². The van der Waals surface area contributed by atoms with Gasteiger partial charge in [0.2, 0.25) is 0 Å². The molecule has 1 fully saturated rings. The Balaban J connectivity index is 1.61. The maximum atomic E-state index is 3.76. The van der Waals surface area contributed by atoms with E-state index in [1.807, 2.05) is 0 Å². The van der Waals surface area contributed by atoms with Crippen LogP contribution in [0.4, 0.5) is 0 Å². The third kappa shape index (κ3) is 3.09. The number of nitrogens with one attached hydrogen (secondary N) is 1. The van der Waals surface area contributed by atoms with Gasteiger partial charge in [0, 0.05) is 35.3 Å². The summed E-state index contributed by atoms with van der Waals surface area (Å²) in [7, 11) is 0. The summed E-state index contributed by atoms with van der Waals surface area (Å²) >= 11 is 3.56. The molecule has 1 N–H and O–H groups in total. The van der Waals surface area contributed by atoms with E-state index < -0.39 is 0 Å². The summed E-state index contributed by atoms with van der Waals surface area (Å²) in [6, 6.07) is 9.41. The highest BCUT2D eigenvalue weighted by Crippen LogP contribution is 2.24. The first-order chi connectivity index (χ1) is 9.74. The Bertz CT molecular complexity index is 575. The Labute approximate surface area is 129 Å². The summed E-state index contributed by atoms with van der Waals surface area (Å²) in [4.78, 5) is 0. The molecule has 0 saturated heterocycles. The lowest BCUT2D eigenvalue weighted by atomic mass is 9.86. The quantitative estimate of drug-likeness (QED) is 0.866. The molecule has 2 unspecified atom stereocenters. The summed E-state index contributed by atoms with van der Waals surface area (Å²) < 4.78 is 3.50. The van der Waals surface area contributed by atoms with E-state index in [4.69, 9.17) is 0 Å². The van der Waals surface area contributed by atoms with Gasteiger partial charge in [-0.3, -0.25) is 0 Å². The Hall–Kier alpha value is -0.800. The SMILES string of the molecule is CC1CCCCC1NCCn1ccc2ccc(Br)cc21. The first-order valence-electron chi connectivity index (χ1n) is 7.72. The van der Waals surface area contributed by atoms with Gasteiger partial charge in [-0.2, -0.15) is 0 Å². The molecule has 0 bridgehead atoms. The lowest BCUT2D eigenvalue weighted by molar-refractivity contribution is 0.279. The zero-order valence-corrected chi connectivity index (χ0v) is 13.7. The van der Waals surface area contributed by atoms with Gasteiger partial charge in [0.25, 0.3) is 0 Å². The van der Waals surface area contributed by atoms with Gasteiger partial charge in [0.05, 0.1) is 0 Å². The van der Waals surface area contributed by atoms with Crippen molar-refractivity contribution in [2.75, 3.05) is 6.54 Å². The second-order valence-electron chi connectivity index (χ2n) is 6.03. The number of rotatable bonds is 4. The van der Waals surface area contributed by atoms with E-state index >= 15 is 0 Å². The third-order valence-corrected chi connectivity index (χ3v) is 5.10. The predicted octanol–water partition coefficient (Wildman–Crippen LogP) is 4.57. The standard InChI is InChI=1S/C17H23BrN2/c1-13-4-2-3-5-16(13)19-9-11-20-10-8-14-6-7-15(18)12-17(14)20/h6-8,10,12-13,16,19H,2-5,9,11H2,1H3. The van der Waals surface area contributed by atoms with Gasteiger partial charge in [0.15, 0.2) is 0 Å². The number of hydrogen-bond donors (Lipinski definition) is 1. The van der Waals surface area contributed by atoms with Crippen molar-refractivity contribution in [2.24, 2.45) is 5.92 Å². The molecule has 1 saturated carbocycles. The van der Waals surface area contributed by atoms with Crippen LogP contribution in [0.3, 0.4) is 0 Å². The largest absolute Gasteiger partial charge is 0.346 e. The summed E-state index contributed by atoms with van der Waals surface area (Å²) in [5.41, 5.74) is 1.32. The van der Waals surface area contributed by atoms with Crippen molar-refractivity contribution in [3.63, 3.8) is 0 Å². The summed E-state index contributed by atoms with van der Waals surface area (Å²) in [5, 5.41) is 5.08. The summed E-state index contributed by atoms with van der Waals surface area (Å²) in [6.07, 6.45) is 7.73. The fourth-order valence-electron chi connectivity index (χ4n) is 3.34. The number of fused-ring (bicyclic) bond motifs is 1. The van der Waals surface area contributed by atoms with Gasteiger partial charge in [0.1, 0.15) is 0 Å². The molecule has 108 valence electrons. The molecule has 1 aliphatic carbocycles. The highest BCUT2D eigenvalue weighted by Gasteiger charge is 2.20. The smallest absolute Gasteiger partial charge is 0.0492 e. The van der Waals surface area contributed by atoms with Gasteiger partial charge in [-0.05, 0) is 42.3 Å². The van der Waals surface area contributed by atoms with Crippen molar-refractivity contribution in [3.8, 4) is 0 Å². The number of halogens is 1. The normalized spacial score (nSPS) is 23.3. The summed E-state index contributed by atoms with van der Waals surface area (Å²) in [5.74, 6) is 0.833. The Kier molecular flexibility index (Phi) is 4.47. The van der Waals surface area contributed by atoms with Crippen LogP contribution in [0.5, 0.6) is 0 Å². The Morgan fingerprint density at radius 3 is 2.95 bits per heavy atom. The molecule has 0 amide bonds. The van der Waals surface area contributed by atoms with Crippen LogP contribution in [0, 0.1) is 5.92 Å². The molecule has 1 aromatic heterocycles. The van der Waals surface area contributed by atoms with E-state index in [-0.39, 0.29) is 0 Å². The number of nitrogens with zero attached hydrogens (tertiary/aromatic N) is 1. The lowest BCUT2D eigenvalue weighted by Crippen LogP contribution is -2.38. The zero-order chi connectivity index (χ0) is 13.9. The molecule has 1 aromatic carbocycles. The van der Waals surface area contributed by atoms with Crippen LogP contribution in [-0.2, 0) is 6.54 Å². The van der Waals surface area contributed by atoms with Crippen molar-refractivity contribution in [2.45, 2.75) is 45.2 Å². The number of benzene rings is 1. The minimum Gasteiger partial charge on any atom is -0.346 e. The molecule has 2 nitrogen and oxygen atoms in total. The minimum absolute atomic E-state index is 0.720. The molecule has 3 heteroatoms. The molecular weight excluding hydrogens is 312 g/mol. The number of aromatic nitrogens is 1. The molecule has 1 heterocycles.